The van der Waals surface area contributed by atoms with Crippen LogP contribution in [0.5, 0.6) is 0 Å². The maximum absolute atomic E-state index is 11.7. The van der Waals surface area contributed by atoms with E-state index in [1.165, 1.54) is 6.07 Å². The van der Waals surface area contributed by atoms with Crippen LogP contribution >= 0.6 is 15.9 Å². The molecule has 6 nitrogen and oxygen atoms in total. The maximum atomic E-state index is 11.7. The molecule has 0 amide bonds. The van der Waals surface area contributed by atoms with E-state index in [0.717, 1.165) is 6.07 Å². The van der Waals surface area contributed by atoms with E-state index in [2.05, 4.69) is 15.9 Å². The van der Waals surface area contributed by atoms with E-state index in [1.807, 2.05) is 6.07 Å². The summed E-state index contributed by atoms with van der Waals surface area (Å²) in [6, 6.07) is 4.19. The number of halogens is 1. The lowest BCUT2D eigenvalue weighted by Crippen LogP contribution is -2.09. The molecule has 0 fully saturated rings. The molecule has 94 valence electrons. The second kappa shape index (κ2) is 6.12. The Bertz CT molecular complexity index is 537. The number of nitro benzene ring substituents is 1. The molecular formula is C11H9BrN2O4. The first-order valence-corrected chi connectivity index (χ1v) is 6.11. The van der Waals surface area contributed by atoms with E-state index in [9.17, 15) is 14.9 Å². The van der Waals surface area contributed by atoms with Gasteiger partial charge in [0.05, 0.1) is 22.7 Å². The van der Waals surface area contributed by atoms with Crippen molar-refractivity contribution in [1.29, 1.82) is 5.26 Å². The lowest BCUT2D eigenvalue weighted by Gasteiger charge is -2.07. The summed E-state index contributed by atoms with van der Waals surface area (Å²) in [6.07, 6.45) is 0. The van der Waals surface area contributed by atoms with Crippen LogP contribution in [-0.2, 0) is 10.1 Å². The largest absolute Gasteiger partial charge is 0.462 e. The number of carbonyl (C=O) groups is 1. The number of alkyl halides is 1. The number of nitro groups is 1. The molecule has 7 heteroatoms. The van der Waals surface area contributed by atoms with E-state index in [0.29, 0.717) is 5.56 Å². The summed E-state index contributed by atoms with van der Waals surface area (Å²) in [5, 5.41) is 20.0. The van der Waals surface area contributed by atoms with Crippen molar-refractivity contribution in [2.75, 3.05) is 6.61 Å². The quantitative estimate of drug-likeness (QED) is 0.368. The van der Waals surface area contributed by atoms with Gasteiger partial charge in [-0.15, -0.1) is 0 Å². The van der Waals surface area contributed by atoms with Crippen LogP contribution in [0.15, 0.2) is 12.1 Å². The van der Waals surface area contributed by atoms with Crippen molar-refractivity contribution < 1.29 is 14.5 Å². The fraction of sp³-hybridized carbons (Fsp3) is 0.273. The normalized spacial score (nSPS) is 9.61. The van der Waals surface area contributed by atoms with Gasteiger partial charge in [0.1, 0.15) is 6.07 Å². The third kappa shape index (κ3) is 2.84. The number of hydrogen-bond acceptors (Lipinski definition) is 5. The van der Waals surface area contributed by atoms with Gasteiger partial charge in [-0.05, 0) is 12.5 Å². The van der Waals surface area contributed by atoms with E-state index >= 15 is 0 Å². The van der Waals surface area contributed by atoms with Crippen molar-refractivity contribution in [2.24, 2.45) is 0 Å². The van der Waals surface area contributed by atoms with Gasteiger partial charge < -0.3 is 4.74 Å². The lowest BCUT2D eigenvalue weighted by atomic mass is 10.0. The number of benzene rings is 1. The van der Waals surface area contributed by atoms with Crippen molar-refractivity contribution in [3.63, 3.8) is 0 Å². The van der Waals surface area contributed by atoms with Gasteiger partial charge in [0.2, 0.25) is 0 Å². The SMILES string of the molecule is CCOC(=O)c1cc([N+](=O)[O-])cc(CBr)c1C#N. The zero-order chi connectivity index (χ0) is 13.7. The van der Waals surface area contributed by atoms with Gasteiger partial charge in [-0.2, -0.15) is 5.26 Å². The first-order chi connectivity index (χ1) is 8.54. The first-order valence-electron chi connectivity index (χ1n) is 4.99. The number of nitrogens with zero attached hydrogens (tertiary/aromatic N) is 2. The second-order valence-electron chi connectivity index (χ2n) is 3.25. The molecule has 0 spiro atoms. The Balaban J connectivity index is 3.46. The smallest absolute Gasteiger partial charge is 0.339 e. The molecule has 0 unspecified atom stereocenters. The molecule has 18 heavy (non-hydrogen) atoms. The Morgan fingerprint density at radius 2 is 2.28 bits per heavy atom. The molecule has 0 aliphatic heterocycles. The molecule has 0 aliphatic rings. The van der Waals surface area contributed by atoms with E-state index < -0.39 is 10.9 Å². The van der Waals surface area contributed by atoms with Crippen LogP contribution in [0.1, 0.15) is 28.4 Å². The van der Waals surface area contributed by atoms with Gasteiger partial charge in [0.25, 0.3) is 5.69 Å². The molecule has 1 aromatic carbocycles. The standard InChI is InChI=1S/C11H9BrN2O4/c1-2-18-11(15)9-4-8(14(16)17)3-7(5-12)10(9)6-13/h3-4H,2,5H2,1H3. The topological polar surface area (TPSA) is 93.2 Å². The van der Waals surface area contributed by atoms with Gasteiger partial charge in [0, 0.05) is 17.5 Å². The molecule has 0 bridgehead atoms. The number of rotatable bonds is 4. The second-order valence-corrected chi connectivity index (χ2v) is 3.81. The minimum absolute atomic E-state index is 0.0806. The maximum Gasteiger partial charge on any atom is 0.339 e. The molecule has 0 heterocycles. The molecule has 0 atom stereocenters. The van der Waals surface area contributed by atoms with Crippen LogP contribution in [0.2, 0.25) is 0 Å². The highest BCUT2D eigenvalue weighted by atomic mass is 79.9. The Hall–Kier alpha value is -1.94. The van der Waals surface area contributed by atoms with E-state index in [4.69, 9.17) is 10.00 Å². The Morgan fingerprint density at radius 1 is 1.61 bits per heavy atom. The summed E-state index contributed by atoms with van der Waals surface area (Å²) in [4.78, 5) is 21.8. The van der Waals surface area contributed by atoms with Crippen LogP contribution in [0.25, 0.3) is 0 Å². The molecule has 0 aromatic heterocycles. The highest BCUT2D eigenvalue weighted by Gasteiger charge is 2.21. The summed E-state index contributed by atoms with van der Waals surface area (Å²) in [5.74, 6) is -0.736. The highest BCUT2D eigenvalue weighted by molar-refractivity contribution is 9.08. The highest BCUT2D eigenvalue weighted by Crippen LogP contribution is 2.24. The number of hydrogen-bond donors (Lipinski definition) is 0. The average Bonchev–Trinajstić information content (AvgIpc) is 2.37. The van der Waals surface area contributed by atoms with Crippen molar-refractivity contribution in [2.45, 2.75) is 12.3 Å². The van der Waals surface area contributed by atoms with E-state index in [1.54, 1.807) is 6.92 Å². The van der Waals surface area contributed by atoms with Crippen LogP contribution in [0.4, 0.5) is 5.69 Å². The summed E-state index contributed by atoms with van der Waals surface area (Å²) < 4.78 is 4.78. The van der Waals surface area contributed by atoms with Crippen molar-refractivity contribution in [3.05, 3.63) is 38.9 Å². The van der Waals surface area contributed by atoms with Crippen molar-refractivity contribution in [1.82, 2.24) is 0 Å². The predicted octanol–water partition coefficient (Wildman–Crippen LogP) is 2.54. The molecule has 0 aliphatic carbocycles. The summed E-state index contributed by atoms with van der Waals surface area (Å²) >= 11 is 3.13. The third-order valence-corrected chi connectivity index (χ3v) is 2.77. The Labute approximate surface area is 111 Å². The van der Waals surface area contributed by atoms with Crippen LogP contribution in [0, 0.1) is 21.4 Å². The number of non-ortho nitro benzene ring substituents is 1. The molecule has 0 saturated carbocycles. The third-order valence-electron chi connectivity index (χ3n) is 2.17. The molecule has 0 radical (unpaired) electrons. The average molecular weight is 313 g/mol. The fourth-order valence-corrected chi connectivity index (χ4v) is 1.84. The Kier molecular flexibility index (Phi) is 4.80. The molecule has 1 rings (SSSR count). The lowest BCUT2D eigenvalue weighted by molar-refractivity contribution is -0.384. The molecule has 0 saturated heterocycles. The minimum Gasteiger partial charge on any atom is -0.462 e. The van der Waals surface area contributed by atoms with Crippen LogP contribution in [-0.4, -0.2) is 17.5 Å². The fourth-order valence-electron chi connectivity index (χ4n) is 1.40. The Morgan fingerprint density at radius 3 is 2.72 bits per heavy atom. The van der Waals surface area contributed by atoms with Gasteiger partial charge in [0.15, 0.2) is 0 Å². The summed E-state index contributed by atoms with van der Waals surface area (Å²) in [6.45, 7) is 1.75. The summed E-state index contributed by atoms with van der Waals surface area (Å²) in [7, 11) is 0. The predicted molar refractivity (Wildman–Crippen MR) is 66.4 cm³/mol. The first kappa shape index (κ1) is 14.1. The number of carbonyl (C=O) groups excluding carboxylic acids is 1. The summed E-state index contributed by atoms with van der Waals surface area (Å²) in [5.41, 5.74) is 0.153. The van der Waals surface area contributed by atoms with Gasteiger partial charge in [-0.1, -0.05) is 15.9 Å². The minimum atomic E-state index is -0.736. The zero-order valence-electron chi connectivity index (χ0n) is 9.47. The van der Waals surface area contributed by atoms with Gasteiger partial charge >= 0.3 is 5.97 Å². The van der Waals surface area contributed by atoms with Gasteiger partial charge in [-0.25, -0.2) is 4.79 Å². The number of esters is 1. The van der Waals surface area contributed by atoms with Crippen LogP contribution in [0.3, 0.4) is 0 Å². The van der Waals surface area contributed by atoms with Crippen molar-refractivity contribution >= 4 is 27.6 Å². The van der Waals surface area contributed by atoms with Crippen molar-refractivity contribution in [3.8, 4) is 6.07 Å². The number of nitriles is 1. The monoisotopic (exact) mass is 312 g/mol. The van der Waals surface area contributed by atoms with E-state index in [-0.39, 0.29) is 28.8 Å². The van der Waals surface area contributed by atoms with Crippen LogP contribution < -0.4 is 0 Å². The molecule has 1 aromatic rings. The number of ether oxygens (including phenoxy) is 1. The van der Waals surface area contributed by atoms with Gasteiger partial charge in [-0.3, -0.25) is 10.1 Å². The molecule has 0 N–H and O–H groups in total. The molecular weight excluding hydrogens is 304 g/mol. The zero-order valence-corrected chi connectivity index (χ0v) is 11.1.